The summed E-state index contributed by atoms with van der Waals surface area (Å²) >= 11 is 0. The molecule has 0 radical (unpaired) electrons. The molecule has 0 aliphatic heterocycles. The van der Waals surface area contributed by atoms with Crippen LogP contribution in [0.1, 0.15) is 32.7 Å². The number of amides is 1. The average molecular weight is 376 g/mol. The van der Waals surface area contributed by atoms with Gasteiger partial charge in [0.1, 0.15) is 11.6 Å². The van der Waals surface area contributed by atoms with Crippen molar-refractivity contribution < 1.29 is 9.53 Å². The molecule has 6 heteroatoms. The lowest BCUT2D eigenvalue weighted by Crippen LogP contribution is -2.16. The Labute approximate surface area is 165 Å². The number of hydrogen-bond donors (Lipinski definition) is 2. The number of carbonyl (C=O) groups is 1. The van der Waals surface area contributed by atoms with Gasteiger partial charge in [-0.2, -0.15) is 0 Å². The van der Waals surface area contributed by atoms with Gasteiger partial charge in [-0.15, -0.1) is 10.2 Å². The van der Waals surface area contributed by atoms with Gasteiger partial charge >= 0.3 is 0 Å². The zero-order valence-corrected chi connectivity index (χ0v) is 16.5. The fraction of sp³-hybridized carbons (Fsp3) is 0.227. The van der Waals surface area contributed by atoms with E-state index in [4.69, 9.17) is 4.74 Å². The van der Waals surface area contributed by atoms with Gasteiger partial charge in [0.15, 0.2) is 5.69 Å². The maximum atomic E-state index is 12.5. The third kappa shape index (κ3) is 4.65. The summed E-state index contributed by atoms with van der Waals surface area (Å²) in [6, 6.07) is 15.3. The van der Waals surface area contributed by atoms with E-state index in [2.05, 4.69) is 20.8 Å². The standard InChI is InChI=1S/C22H24N4O2/c1-14-11-15(2)21(16(3)12-14)24-22(27)19-9-10-20(26-25-19)23-13-17-5-7-18(28-4)8-6-17/h5-12H,13H2,1-4H3,(H,23,26)(H,24,27). The number of aryl methyl sites for hydroxylation is 3. The summed E-state index contributed by atoms with van der Waals surface area (Å²) in [5.74, 6) is 1.15. The van der Waals surface area contributed by atoms with Crippen molar-refractivity contribution in [2.24, 2.45) is 0 Å². The van der Waals surface area contributed by atoms with Crippen molar-refractivity contribution in [1.29, 1.82) is 0 Å². The first kappa shape index (κ1) is 19.4. The highest BCUT2D eigenvalue weighted by molar-refractivity contribution is 6.03. The van der Waals surface area contributed by atoms with Crippen molar-refractivity contribution >= 4 is 17.4 Å². The summed E-state index contributed by atoms with van der Waals surface area (Å²) in [5.41, 5.74) is 5.40. The zero-order chi connectivity index (χ0) is 20.1. The molecule has 0 aliphatic carbocycles. The second kappa shape index (κ2) is 8.52. The predicted molar refractivity (Wildman–Crippen MR) is 111 cm³/mol. The lowest BCUT2D eigenvalue weighted by atomic mass is 10.1. The summed E-state index contributed by atoms with van der Waals surface area (Å²) in [6.07, 6.45) is 0. The van der Waals surface area contributed by atoms with Crippen molar-refractivity contribution in [2.75, 3.05) is 17.7 Å². The van der Waals surface area contributed by atoms with E-state index in [0.717, 1.165) is 28.1 Å². The van der Waals surface area contributed by atoms with Crippen LogP contribution in [0.2, 0.25) is 0 Å². The molecule has 0 bridgehead atoms. The molecule has 3 rings (SSSR count). The van der Waals surface area contributed by atoms with E-state index in [1.54, 1.807) is 19.2 Å². The molecule has 28 heavy (non-hydrogen) atoms. The Kier molecular flexibility index (Phi) is 5.89. The van der Waals surface area contributed by atoms with E-state index in [-0.39, 0.29) is 11.6 Å². The molecule has 0 unspecified atom stereocenters. The van der Waals surface area contributed by atoms with Gasteiger partial charge in [-0.25, -0.2) is 0 Å². The molecule has 1 amide bonds. The Morgan fingerprint density at radius 1 is 0.964 bits per heavy atom. The Balaban J connectivity index is 1.62. The fourth-order valence-corrected chi connectivity index (χ4v) is 3.04. The monoisotopic (exact) mass is 376 g/mol. The highest BCUT2D eigenvalue weighted by Gasteiger charge is 2.12. The smallest absolute Gasteiger partial charge is 0.276 e. The second-order valence-corrected chi connectivity index (χ2v) is 6.73. The molecule has 1 aromatic heterocycles. The van der Waals surface area contributed by atoms with Gasteiger partial charge < -0.3 is 15.4 Å². The molecule has 0 saturated carbocycles. The lowest BCUT2D eigenvalue weighted by Gasteiger charge is -2.12. The van der Waals surface area contributed by atoms with Crippen LogP contribution in [0.5, 0.6) is 5.75 Å². The molecule has 2 N–H and O–H groups in total. The Hall–Kier alpha value is -3.41. The molecule has 0 fully saturated rings. The second-order valence-electron chi connectivity index (χ2n) is 6.73. The van der Waals surface area contributed by atoms with Crippen molar-refractivity contribution in [3.63, 3.8) is 0 Å². The topological polar surface area (TPSA) is 76.1 Å². The maximum Gasteiger partial charge on any atom is 0.276 e. The number of nitrogens with zero attached hydrogens (tertiary/aromatic N) is 2. The Morgan fingerprint density at radius 2 is 1.64 bits per heavy atom. The van der Waals surface area contributed by atoms with Crippen molar-refractivity contribution in [2.45, 2.75) is 27.3 Å². The quantitative estimate of drug-likeness (QED) is 0.672. The summed E-state index contributed by atoms with van der Waals surface area (Å²) < 4.78 is 5.15. The largest absolute Gasteiger partial charge is 0.497 e. The fourth-order valence-electron chi connectivity index (χ4n) is 3.04. The van der Waals surface area contributed by atoms with Crippen LogP contribution in [0.15, 0.2) is 48.5 Å². The van der Waals surface area contributed by atoms with Crippen LogP contribution in [-0.2, 0) is 6.54 Å². The average Bonchev–Trinajstić information content (AvgIpc) is 2.69. The van der Waals surface area contributed by atoms with Crippen LogP contribution in [-0.4, -0.2) is 23.2 Å². The first-order valence-electron chi connectivity index (χ1n) is 9.06. The van der Waals surface area contributed by atoms with Gasteiger partial charge in [0.05, 0.1) is 7.11 Å². The summed E-state index contributed by atoms with van der Waals surface area (Å²) in [6.45, 7) is 6.60. The molecule has 0 aliphatic rings. The van der Waals surface area contributed by atoms with E-state index < -0.39 is 0 Å². The summed E-state index contributed by atoms with van der Waals surface area (Å²) in [7, 11) is 1.64. The zero-order valence-electron chi connectivity index (χ0n) is 16.5. The Bertz CT molecular complexity index is 944. The van der Waals surface area contributed by atoms with E-state index in [0.29, 0.717) is 12.4 Å². The molecule has 6 nitrogen and oxygen atoms in total. The van der Waals surface area contributed by atoms with Gasteiger partial charge in [0, 0.05) is 12.2 Å². The molecule has 2 aromatic carbocycles. The third-order valence-electron chi connectivity index (χ3n) is 4.45. The number of aromatic nitrogens is 2. The third-order valence-corrected chi connectivity index (χ3v) is 4.45. The van der Waals surface area contributed by atoms with Gasteiger partial charge in [0.2, 0.25) is 0 Å². The van der Waals surface area contributed by atoms with Crippen molar-refractivity contribution in [3.8, 4) is 5.75 Å². The molecule has 1 heterocycles. The predicted octanol–water partition coefficient (Wildman–Crippen LogP) is 4.27. The number of methoxy groups -OCH3 is 1. The number of rotatable bonds is 6. The molecule has 0 atom stereocenters. The number of benzene rings is 2. The maximum absolute atomic E-state index is 12.5. The van der Waals surface area contributed by atoms with Gasteiger partial charge in [-0.3, -0.25) is 4.79 Å². The minimum atomic E-state index is -0.274. The molecular formula is C22H24N4O2. The van der Waals surface area contributed by atoms with Gasteiger partial charge in [0.25, 0.3) is 5.91 Å². The molecule has 0 spiro atoms. The van der Waals surface area contributed by atoms with Crippen LogP contribution in [0.25, 0.3) is 0 Å². The van der Waals surface area contributed by atoms with Crippen LogP contribution in [0.4, 0.5) is 11.5 Å². The normalized spacial score (nSPS) is 10.4. The number of nitrogens with one attached hydrogen (secondary N) is 2. The first-order valence-corrected chi connectivity index (χ1v) is 9.06. The minimum absolute atomic E-state index is 0.273. The van der Waals surface area contributed by atoms with Crippen LogP contribution in [0.3, 0.4) is 0 Å². The Morgan fingerprint density at radius 3 is 2.21 bits per heavy atom. The number of hydrogen-bond acceptors (Lipinski definition) is 5. The molecule has 0 saturated heterocycles. The van der Waals surface area contributed by atoms with E-state index in [9.17, 15) is 4.79 Å². The molecule has 144 valence electrons. The summed E-state index contributed by atoms with van der Waals surface area (Å²) in [5, 5.41) is 14.3. The number of carbonyl (C=O) groups excluding carboxylic acids is 1. The molecular weight excluding hydrogens is 352 g/mol. The van der Waals surface area contributed by atoms with Crippen LogP contribution >= 0.6 is 0 Å². The SMILES string of the molecule is COc1ccc(CNc2ccc(C(=O)Nc3c(C)cc(C)cc3C)nn2)cc1. The first-order chi connectivity index (χ1) is 13.5. The lowest BCUT2D eigenvalue weighted by molar-refractivity contribution is 0.102. The highest BCUT2D eigenvalue weighted by atomic mass is 16.5. The van der Waals surface area contributed by atoms with E-state index >= 15 is 0 Å². The van der Waals surface area contributed by atoms with E-state index in [1.165, 1.54) is 5.56 Å². The molecule has 3 aromatic rings. The van der Waals surface area contributed by atoms with Crippen molar-refractivity contribution in [3.05, 3.63) is 76.5 Å². The number of ether oxygens (including phenoxy) is 1. The highest BCUT2D eigenvalue weighted by Crippen LogP contribution is 2.22. The number of anilines is 2. The summed E-state index contributed by atoms with van der Waals surface area (Å²) in [4.78, 5) is 12.5. The van der Waals surface area contributed by atoms with Crippen LogP contribution in [0, 0.1) is 20.8 Å². The van der Waals surface area contributed by atoms with E-state index in [1.807, 2.05) is 57.2 Å². The van der Waals surface area contributed by atoms with Crippen molar-refractivity contribution in [1.82, 2.24) is 10.2 Å². The minimum Gasteiger partial charge on any atom is -0.497 e. The van der Waals surface area contributed by atoms with Gasteiger partial charge in [-0.05, 0) is 61.7 Å². The van der Waals surface area contributed by atoms with Crippen LogP contribution < -0.4 is 15.4 Å². The van der Waals surface area contributed by atoms with Gasteiger partial charge in [-0.1, -0.05) is 29.8 Å².